The molecule has 0 N–H and O–H groups in total. The van der Waals surface area contributed by atoms with E-state index < -0.39 is 110 Å². The molecule has 358 valence electrons. The molecule has 11 atom stereocenters. The summed E-state index contributed by atoms with van der Waals surface area (Å²) in [6.07, 6.45) is -10.5. The molecule has 0 radical (unpaired) electrons. The summed E-state index contributed by atoms with van der Waals surface area (Å²) < 4.78 is 74.2. The predicted octanol–water partition coefficient (Wildman–Crippen LogP) is 5.34. The van der Waals surface area contributed by atoms with Gasteiger partial charge in [-0.25, -0.2) is 4.79 Å². The van der Waals surface area contributed by atoms with Crippen molar-refractivity contribution in [2.45, 2.75) is 121 Å². The first-order valence-electron chi connectivity index (χ1n) is 21.6. The number of methoxy groups -OCH3 is 2. The molecule has 5 rings (SSSR count). The summed E-state index contributed by atoms with van der Waals surface area (Å²) >= 11 is 0. The highest BCUT2D eigenvalue weighted by molar-refractivity contribution is 5.78. The average molecular weight is 921 g/mol. The van der Waals surface area contributed by atoms with Gasteiger partial charge in [0.2, 0.25) is 0 Å². The van der Waals surface area contributed by atoms with Crippen molar-refractivity contribution in [2.75, 3.05) is 27.4 Å². The lowest BCUT2D eigenvalue weighted by molar-refractivity contribution is -0.381. The lowest BCUT2D eigenvalue weighted by Crippen LogP contribution is -2.68. The Bertz CT molecular complexity index is 2020. The molecule has 2 aliphatic heterocycles. The molecule has 2 fully saturated rings. The smallest absolute Gasteiger partial charge is 0.366 e. The maximum absolute atomic E-state index is 14.7. The second-order valence-electron chi connectivity index (χ2n) is 15.8. The zero-order valence-electron chi connectivity index (χ0n) is 38.1. The van der Waals surface area contributed by atoms with Crippen LogP contribution in [0.15, 0.2) is 104 Å². The molecule has 0 aromatic heterocycles. The monoisotopic (exact) mass is 920 g/mol. The van der Waals surface area contributed by atoms with Crippen LogP contribution >= 0.6 is 0 Å². The molecular formula is C49H60O17. The Morgan fingerprint density at radius 2 is 1.29 bits per heavy atom. The Balaban J connectivity index is 1.68. The van der Waals surface area contributed by atoms with E-state index in [0.29, 0.717) is 0 Å². The van der Waals surface area contributed by atoms with Crippen LogP contribution in [0.3, 0.4) is 0 Å². The largest absolute Gasteiger partial charge is 0.465 e. The number of hydrogen-bond acceptors (Lipinski definition) is 17. The van der Waals surface area contributed by atoms with Crippen LogP contribution in [0.25, 0.3) is 0 Å². The maximum atomic E-state index is 14.7. The van der Waals surface area contributed by atoms with E-state index in [-0.39, 0.29) is 32.8 Å². The highest BCUT2D eigenvalue weighted by Crippen LogP contribution is 2.44. The van der Waals surface area contributed by atoms with Crippen LogP contribution in [0.5, 0.6) is 0 Å². The fraction of sp³-hybridized carbons (Fsp3) is 0.490. The fourth-order valence-electron chi connectivity index (χ4n) is 8.01. The molecule has 2 saturated heterocycles. The van der Waals surface area contributed by atoms with Crippen molar-refractivity contribution >= 4 is 29.8 Å². The van der Waals surface area contributed by atoms with Crippen LogP contribution in [0, 0.1) is 5.92 Å². The zero-order chi connectivity index (χ0) is 47.6. The van der Waals surface area contributed by atoms with Gasteiger partial charge in [-0.15, -0.1) is 6.58 Å². The first-order valence-corrected chi connectivity index (χ1v) is 21.6. The third-order valence-electron chi connectivity index (χ3n) is 10.8. The summed E-state index contributed by atoms with van der Waals surface area (Å²) in [5.41, 5.74) is 2.48. The number of hydrogen-bond donors (Lipinski definition) is 0. The molecule has 17 heteroatoms. The van der Waals surface area contributed by atoms with E-state index in [9.17, 15) is 24.0 Å². The topological polar surface area (TPSA) is 196 Å². The van der Waals surface area contributed by atoms with Gasteiger partial charge in [0.25, 0.3) is 5.79 Å². The molecule has 3 aromatic rings. The highest BCUT2D eigenvalue weighted by atomic mass is 16.8. The predicted molar refractivity (Wildman–Crippen MR) is 233 cm³/mol. The Labute approximate surface area is 384 Å². The minimum atomic E-state index is -2.53. The molecule has 0 saturated carbocycles. The molecule has 17 nitrogen and oxygen atoms in total. The fourth-order valence-corrected chi connectivity index (χ4v) is 8.01. The lowest BCUT2D eigenvalue weighted by Gasteiger charge is -2.52. The second kappa shape index (κ2) is 25.4. The number of allylic oxidation sites excluding steroid dienone is 1. The van der Waals surface area contributed by atoms with Crippen molar-refractivity contribution < 1.29 is 80.8 Å². The Hall–Kier alpha value is -5.53. The molecule has 0 spiro atoms. The van der Waals surface area contributed by atoms with E-state index in [2.05, 4.69) is 6.58 Å². The van der Waals surface area contributed by atoms with Crippen LogP contribution in [-0.2, 0) is 101 Å². The molecule has 2 heterocycles. The van der Waals surface area contributed by atoms with E-state index in [4.69, 9.17) is 56.8 Å². The lowest BCUT2D eigenvalue weighted by atomic mass is 9.80. The van der Waals surface area contributed by atoms with Gasteiger partial charge in [0.15, 0.2) is 18.5 Å². The number of carbonyl (C=O) groups is 5. The van der Waals surface area contributed by atoms with Crippen molar-refractivity contribution in [1.29, 1.82) is 0 Å². The molecule has 0 amide bonds. The van der Waals surface area contributed by atoms with Crippen molar-refractivity contribution in [3.8, 4) is 0 Å². The van der Waals surface area contributed by atoms with E-state index in [0.717, 1.165) is 44.6 Å². The first-order chi connectivity index (χ1) is 31.8. The van der Waals surface area contributed by atoms with E-state index in [1.54, 1.807) is 0 Å². The van der Waals surface area contributed by atoms with Gasteiger partial charge in [0.05, 0.1) is 40.0 Å². The van der Waals surface area contributed by atoms with Gasteiger partial charge in [-0.3, -0.25) is 19.2 Å². The number of benzene rings is 3. The van der Waals surface area contributed by atoms with Gasteiger partial charge in [-0.05, 0) is 23.1 Å². The summed E-state index contributed by atoms with van der Waals surface area (Å²) in [4.78, 5) is 65.3. The number of esters is 5. The Morgan fingerprint density at radius 3 is 1.79 bits per heavy atom. The first kappa shape index (κ1) is 51.5. The summed E-state index contributed by atoms with van der Waals surface area (Å²) in [7, 11) is 2.54. The van der Waals surface area contributed by atoms with Gasteiger partial charge < -0.3 is 56.8 Å². The molecule has 66 heavy (non-hydrogen) atoms. The molecular weight excluding hydrogens is 861 g/mol. The summed E-state index contributed by atoms with van der Waals surface area (Å²) in [5.74, 6) is -7.70. The second-order valence-corrected chi connectivity index (χ2v) is 15.8. The van der Waals surface area contributed by atoms with Crippen molar-refractivity contribution in [3.05, 3.63) is 120 Å². The quantitative estimate of drug-likeness (QED) is 0.0671. The van der Waals surface area contributed by atoms with E-state index >= 15 is 0 Å². The van der Waals surface area contributed by atoms with Crippen LogP contribution in [0.4, 0.5) is 0 Å². The molecule has 0 bridgehead atoms. The van der Waals surface area contributed by atoms with Crippen molar-refractivity contribution in [3.63, 3.8) is 0 Å². The number of ether oxygens (including phenoxy) is 12. The maximum Gasteiger partial charge on any atom is 0.366 e. The minimum Gasteiger partial charge on any atom is -0.465 e. The average Bonchev–Trinajstić information content (AvgIpc) is 3.30. The standard InChI is InChI=1S/C49H60O17/c1-8-18-38-39(61-32(3)51)25-49(48(54)56-7,65-42(38)44(63-34(5)53)41(62-33(4)52)30-58-31(2)50)66-45-43(59-27-36-21-14-10-15-22-36)40(29-57-26-35-19-12-9-13-20-35)64-47(55-6)46(45)60-28-37-23-16-11-17-24-37/h8-17,19-24,38-47H,1,18,25-30H2,2-7H3/t38-,39+,40-,41-,42-,43+,44-,45+,46-,47-,49+/m1/s1. The molecule has 0 aliphatic carbocycles. The summed E-state index contributed by atoms with van der Waals surface area (Å²) in [6.45, 7) is 8.05. The molecule has 2 aliphatic rings. The van der Waals surface area contributed by atoms with Crippen molar-refractivity contribution in [2.24, 2.45) is 5.92 Å². The SMILES string of the molecule is C=CC[C@H]1[C@H]([C@H](OC(C)=O)[C@@H](COC(C)=O)OC(C)=O)O[C@@](O[C@H]2[C@@H](OCc3ccccc3)[C@@H](COCc3ccccc3)O[C@@H](OC)[C@@H]2OCc2ccccc2)(C(=O)OC)C[C@@H]1OC(C)=O. The van der Waals surface area contributed by atoms with Gasteiger partial charge >= 0.3 is 29.8 Å². The van der Waals surface area contributed by atoms with Crippen LogP contribution in [0.2, 0.25) is 0 Å². The summed E-state index contributed by atoms with van der Waals surface area (Å²) in [5, 5.41) is 0. The summed E-state index contributed by atoms with van der Waals surface area (Å²) in [6, 6.07) is 28.2. The third kappa shape index (κ3) is 14.5. The van der Waals surface area contributed by atoms with E-state index in [1.165, 1.54) is 20.1 Å². The van der Waals surface area contributed by atoms with Gasteiger partial charge in [-0.1, -0.05) is 97.1 Å². The zero-order valence-corrected chi connectivity index (χ0v) is 38.1. The molecule has 3 aromatic carbocycles. The van der Waals surface area contributed by atoms with Gasteiger partial charge in [0.1, 0.15) is 43.2 Å². The Morgan fingerprint density at radius 1 is 0.727 bits per heavy atom. The van der Waals surface area contributed by atoms with Crippen LogP contribution in [0.1, 0.15) is 57.2 Å². The Kier molecular flexibility index (Phi) is 19.8. The van der Waals surface area contributed by atoms with Crippen LogP contribution in [-0.4, -0.2) is 118 Å². The normalized spacial score (nSPS) is 25.9. The van der Waals surface area contributed by atoms with Gasteiger partial charge in [0, 0.05) is 40.7 Å². The highest BCUT2D eigenvalue weighted by Gasteiger charge is 2.62. The third-order valence-corrected chi connectivity index (χ3v) is 10.8. The number of rotatable bonds is 23. The minimum absolute atomic E-state index is 0.0239. The van der Waals surface area contributed by atoms with Gasteiger partial charge in [-0.2, -0.15) is 0 Å². The van der Waals surface area contributed by atoms with Crippen LogP contribution < -0.4 is 0 Å². The number of carbonyl (C=O) groups excluding carboxylic acids is 5. The van der Waals surface area contributed by atoms with E-state index in [1.807, 2.05) is 91.0 Å². The molecule has 0 unspecified atom stereocenters. The van der Waals surface area contributed by atoms with Crippen molar-refractivity contribution in [1.82, 2.24) is 0 Å².